The van der Waals surface area contributed by atoms with E-state index in [4.69, 9.17) is 11.6 Å². The van der Waals surface area contributed by atoms with Crippen molar-refractivity contribution in [2.24, 2.45) is 0 Å². The first kappa shape index (κ1) is 20.2. The van der Waals surface area contributed by atoms with E-state index in [0.29, 0.717) is 36.8 Å². The van der Waals surface area contributed by atoms with Crippen molar-refractivity contribution in [2.45, 2.75) is 26.3 Å². The molecule has 1 aliphatic heterocycles. The van der Waals surface area contributed by atoms with E-state index < -0.39 is 11.6 Å². The second-order valence-electron chi connectivity index (χ2n) is 7.33. The molecule has 1 fully saturated rings. The molecule has 142 valence electrons. The number of nitrogens with zero attached hydrogens (tertiary/aromatic N) is 2. The van der Waals surface area contributed by atoms with Gasteiger partial charge >= 0.3 is 6.03 Å². The summed E-state index contributed by atoms with van der Waals surface area (Å²) in [4.78, 5) is 39.8. The summed E-state index contributed by atoms with van der Waals surface area (Å²) in [7, 11) is 0. The minimum atomic E-state index is -0.503. The van der Waals surface area contributed by atoms with E-state index in [2.05, 4.69) is 10.6 Å². The number of hydrogen-bond acceptors (Lipinski definition) is 4. The van der Waals surface area contributed by atoms with Gasteiger partial charge in [0.15, 0.2) is 0 Å². The van der Waals surface area contributed by atoms with Crippen LogP contribution in [0.25, 0.3) is 0 Å². The fourth-order valence-electron chi connectivity index (χ4n) is 2.65. The minimum absolute atomic E-state index is 0.0684. The molecule has 1 saturated heterocycles. The van der Waals surface area contributed by atoms with E-state index in [1.165, 1.54) is 0 Å². The van der Waals surface area contributed by atoms with Crippen LogP contribution in [0.15, 0.2) is 24.3 Å². The molecule has 2 rings (SSSR count). The maximum Gasteiger partial charge on any atom is 0.321 e. The van der Waals surface area contributed by atoms with Gasteiger partial charge < -0.3 is 10.2 Å². The highest BCUT2D eigenvalue weighted by Gasteiger charge is 2.24. The van der Waals surface area contributed by atoms with Crippen LogP contribution >= 0.6 is 11.6 Å². The lowest BCUT2D eigenvalue weighted by molar-refractivity contribution is -0.121. The Kier molecular flexibility index (Phi) is 6.61. The molecule has 7 nitrogen and oxygen atoms in total. The molecule has 26 heavy (non-hydrogen) atoms. The van der Waals surface area contributed by atoms with Gasteiger partial charge in [-0.15, -0.1) is 0 Å². The summed E-state index contributed by atoms with van der Waals surface area (Å²) < 4.78 is 0. The summed E-state index contributed by atoms with van der Waals surface area (Å²) in [5.41, 5.74) is 0.152. The van der Waals surface area contributed by atoms with Crippen LogP contribution in [0.3, 0.4) is 0 Å². The molecule has 2 N–H and O–H groups in total. The number of nitrogens with one attached hydrogen (secondary N) is 2. The van der Waals surface area contributed by atoms with E-state index in [1.807, 2.05) is 25.7 Å². The third-order valence-electron chi connectivity index (χ3n) is 3.84. The van der Waals surface area contributed by atoms with Crippen molar-refractivity contribution >= 4 is 29.4 Å². The lowest BCUT2D eigenvalue weighted by atomic mass is 10.1. The molecule has 0 radical (unpaired) electrons. The fraction of sp³-hybridized carbons (Fsp3) is 0.500. The Morgan fingerprint density at radius 2 is 1.77 bits per heavy atom. The van der Waals surface area contributed by atoms with E-state index in [0.717, 1.165) is 0 Å². The first-order valence-corrected chi connectivity index (χ1v) is 8.91. The molecule has 0 bridgehead atoms. The van der Waals surface area contributed by atoms with E-state index in [9.17, 15) is 14.4 Å². The van der Waals surface area contributed by atoms with Gasteiger partial charge in [-0.3, -0.25) is 19.8 Å². The van der Waals surface area contributed by atoms with Crippen LogP contribution < -0.4 is 10.6 Å². The predicted molar refractivity (Wildman–Crippen MR) is 100 cm³/mol. The summed E-state index contributed by atoms with van der Waals surface area (Å²) in [6.07, 6.45) is 0. The topological polar surface area (TPSA) is 81.8 Å². The molecule has 0 unspecified atom stereocenters. The fourth-order valence-corrected chi connectivity index (χ4v) is 2.84. The highest BCUT2D eigenvalue weighted by atomic mass is 35.5. The molecule has 0 aliphatic carbocycles. The van der Waals surface area contributed by atoms with Gasteiger partial charge in [0, 0.05) is 42.3 Å². The zero-order chi connectivity index (χ0) is 19.3. The standard InChI is InChI=1S/C18H25ClN4O3/c1-18(2,3)21-17(26)20-15(24)12-22-7-9-23(10-8-22)16(25)13-5-4-6-14(19)11-13/h4-6,11H,7-10,12H2,1-3H3,(H2,20,21,24,26). The lowest BCUT2D eigenvalue weighted by Crippen LogP contribution is -2.53. The van der Waals surface area contributed by atoms with Gasteiger partial charge in [-0.05, 0) is 39.0 Å². The van der Waals surface area contributed by atoms with Crippen LogP contribution in [0.2, 0.25) is 5.02 Å². The Morgan fingerprint density at radius 3 is 2.35 bits per heavy atom. The Morgan fingerprint density at radius 1 is 1.12 bits per heavy atom. The van der Waals surface area contributed by atoms with Gasteiger partial charge in [0.25, 0.3) is 5.91 Å². The smallest absolute Gasteiger partial charge is 0.321 e. The summed E-state index contributed by atoms with van der Waals surface area (Å²) >= 11 is 5.93. The number of carbonyl (C=O) groups excluding carboxylic acids is 3. The summed E-state index contributed by atoms with van der Waals surface area (Å²) in [6, 6.07) is 6.36. The van der Waals surface area contributed by atoms with E-state index in [1.54, 1.807) is 29.2 Å². The highest BCUT2D eigenvalue weighted by molar-refractivity contribution is 6.30. The molecule has 1 aliphatic rings. The molecule has 0 spiro atoms. The minimum Gasteiger partial charge on any atom is -0.336 e. The highest BCUT2D eigenvalue weighted by Crippen LogP contribution is 2.14. The molecule has 0 saturated carbocycles. The van der Waals surface area contributed by atoms with Gasteiger partial charge in [-0.25, -0.2) is 4.79 Å². The third-order valence-corrected chi connectivity index (χ3v) is 4.07. The van der Waals surface area contributed by atoms with Crippen molar-refractivity contribution in [1.82, 2.24) is 20.4 Å². The molecule has 1 aromatic rings. The average molecular weight is 381 g/mol. The van der Waals surface area contributed by atoms with Crippen molar-refractivity contribution in [2.75, 3.05) is 32.7 Å². The molecular weight excluding hydrogens is 356 g/mol. The molecule has 0 aromatic heterocycles. The van der Waals surface area contributed by atoms with Gasteiger partial charge in [-0.1, -0.05) is 17.7 Å². The monoisotopic (exact) mass is 380 g/mol. The van der Waals surface area contributed by atoms with Crippen molar-refractivity contribution in [3.8, 4) is 0 Å². The number of halogens is 1. The maximum atomic E-state index is 12.5. The van der Waals surface area contributed by atoms with Crippen molar-refractivity contribution < 1.29 is 14.4 Å². The Balaban J connectivity index is 1.78. The SMILES string of the molecule is CC(C)(C)NC(=O)NC(=O)CN1CCN(C(=O)c2cccc(Cl)c2)CC1. The van der Waals surface area contributed by atoms with Crippen LogP contribution in [0.4, 0.5) is 4.79 Å². The Labute approximate surface area is 158 Å². The van der Waals surface area contributed by atoms with Crippen molar-refractivity contribution in [3.05, 3.63) is 34.9 Å². The molecule has 8 heteroatoms. The Hall–Kier alpha value is -2.12. The van der Waals surface area contributed by atoms with Gasteiger partial charge in [0.1, 0.15) is 0 Å². The van der Waals surface area contributed by atoms with E-state index in [-0.39, 0.29) is 18.4 Å². The molecule has 1 heterocycles. The second kappa shape index (κ2) is 8.51. The van der Waals surface area contributed by atoms with Crippen molar-refractivity contribution in [3.63, 3.8) is 0 Å². The number of imide groups is 1. The van der Waals surface area contributed by atoms with Crippen LogP contribution in [-0.2, 0) is 4.79 Å². The normalized spacial score (nSPS) is 15.5. The first-order valence-electron chi connectivity index (χ1n) is 8.53. The van der Waals surface area contributed by atoms with Crippen LogP contribution in [0.1, 0.15) is 31.1 Å². The second-order valence-corrected chi connectivity index (χ2v) is 7.77. The number of amides is 4. The largest absolute Gasteiger partial charge is 0.336 e. The van der Waals surface area contributed by atoms with Gasteiger partial charge in [0.2, 0.25) is 5.91 Å². The number of hydrogen-bond donors (Lipinski definition) is 2. The number of urea groups is 1. The van der Waals surface area contributed by atoms with E-state index >= 15 is 0 Å². The number of carbonyl (C=O) groups is 3. The van der Waals surface area contributed by atoms with Gasteiger partial charge in [0.05, 0.1) is 6.54 Å². The molecule has 4 amide bonds. The zero-order valence-corrected chi connectivity index (χ0v) is 16.1. The van der Waals surface area contributed by atoms with Gasteiger partial charge in [-0.2, -0.15) is 0 Å². The predicted octanol–water partition coefficient (Wildman–Crippen LogP) is 1.72. The molecular formula is C18H25ClN4O3. The maximum absolute atomic E-state index is 12.5. The summed E-state index contributed by atoms with van der Waals surface area (Å²) in [5, 5.41) is 5.53. The average Bonchev–Trinajstić information content (AvgIpc) is 2.53. The summed E-state index contributed by atoms with van der Waals surface area (Å²) in [6.45, 7) is 7.82. The quantitative estimate of drug-likeness (QED) is 0.836. The van der Waals surface area contributed by atoms with Crippen molar-refractivity contribution in [1.29, 1.82) is 0 Å². The third kappa shape index (κ3) is 6.31. The zero-order valence-electron chi connectivity index (χ0n) is 15.3. The summed E-state index contributed by atoms with van der Waals surface area (Å²) in [5.74, 6) is -0.428. The van der Waals surface area contributed by atoms with Crippen LogP contribution in [-0.4, -0.2) is 65.9 Å². The molecule has 1 aromatic carbocycles. The van der Waals surface area contributed by atoms with Crippen LogP contribution in [0.5, 0.6) is 0 Å². The van der Waals surface area contributed by atoms with Crippen LogP contribution in [0, 0.1) is 0 Å². The first-order chi connectivity index (χ1) is 12.1. The number of benzene rings is 1. The Bertz CT molecular complexity index is 679. The number of rotatable bonds is 3. The number of piperazine rings is 1. The molecule has 0 atom stereocenters. The lowest BCUT2D eigenvalue weighted by Gasteiger charge is -2.34.